The largest absolute Gasteiger partial charge is 0.504 e. The van der Waals surface area contributed by atoms with Crippen LogP contribution in [0.1, 0.15) is 0 Å². The van der Waals surface area contributed by atoms with Gasteiger partial charge in [-0.25, -0.2) is 14.6 Å². The molecule has 608 valence electrons. The van der Waals surface area contributed by atoms with Gasteiger partial charge in [0, 0.05) is 66.2 Å². The summed E-state index contributed by atoms with van der Waals surface area (Å²) in [4.78, 5) is 8.22. The van der Waals surface area contributed by atoms with E-state index < -0.39 is 0 Å². The maximum absolute atomic E-state index is 9.60. The lowest BCUT2D eigenvalue weighted by Crippen LogP contribution is -1.94. The van der Waals surface area contributed by atoms with Crippen LogP contribution in [0, 0.1) is 0 Å². The second-order valence-electron chi connectivity index (χ2n) is 24.6. The summed E-state index contributed by atoms with van der Waals surface area (Å²) in [5, 5.41) is 241. The third kappa shape index (κ3) is 20.1. The van der Waals surface area contributed by atoms with Gasteiger partial charge in [0.15, 0.2) is 132 Å². The summed E-state index contributed by atoms with van der Waals surface area (Å²) in [5.41, 5.74) is 6.74. The number of hydrogen-bond acceptors (Lipinski definition) is 37. The predicted octanol–water partition coefficient (Wildman–Crippen LogP) is 15.9. The van der Waals surface area contributed by atoms with Crippen molar-refractivity contribution in [3.05, 3.63) is 221 Å². The number of halogens is 2. The van der Waals surface area contributed by atoms with E-state index in [0.717, 1.165) is 14.4 Å². The monoisotopic (exact) mass is 1810 g/mol. The third-order valence-corrected chi connectivity index (χ3v) is 20.6. The Hall–Kier alpha value is -15.8. The van der Waals surface area contributed by atoms with Gasteiger partial charge < -0.3 is 121 Å². The number of oxazole rings is 1. The Labute approximate surface area is 701 Å². The average molecular weight is 1810 g/mol. The van der Waals surface area contributed by atoms with E-state index in [1.54, 1.807) is 60.9 Å². The quantitative estimate of drug-likeness (QED) is 0.0535. The lowest BCUT2D eigenvalue weighted by Gasteiger charge is -2.03. The molecule has 17 aromatic rings. The lowest BCUT2D eigenvalue weighted by atomic mass is 10.1. The van der Waals surface area contributed by atoms with Gasteiger partial charge in [0.25, 0.3) is 0 Å². The van der Waals surface area contributed by atoms with Gasteiger partial charge in [-0.1, -0.05) is 27.9 Å². The number of aromatic nitrogens is 11. The smallest absolute Gasteiger partial charge is 0.248 e. The van der Waals surface area contributed by atoms with Crippen LogP contribution in [-0.4, -0.2) is 168 Å². The summed E-state index contributed by atoms with van der Waals surface area (Å²) in [5.74, 6) is -4.10. The zero-order valence-electron chi connectivity index (χ0n) is 60.3. The molecule has 0 atom stereocenters. The summed E-state index contributed by atoms with van der Waals surface area (Å²) in [6.07, 6.45) is 4.76. The highest BCUT2D eigenvalue weighted by Crippen LogP contribution is 2.44. The maximum Gasteiger partial charge on any atom is 0.248 e. The Morgan fingerprint density at radius 2 is 0.567 bits per heavy atom. The van der Waals surface area contributed by atoms with Crippen LogP contribution in [-0.2, 0) is 0 Å². The summed E-state index contributed by atoms with van der Waals surface area (Å²) in [6, 6.07) is 45.9. The zero-order valence-corrected chi connectivity index (χ0v) is 65.9. The highest BCUT2D eigenvalue weighted by molar-refractivity contribution is 9.11. The van der Waals surface area contributed by atoms with E-state index in [4.69, 9.17) is 13.9 Å². The first-order chi connectivity index (χ1) is 57.3. The van der Waals surface area contributed by atoms with Gasteiger partial charge in [-0.15, -0.1) is 47.0 Å². The predicted molar refractivity (Wildman–Crippen MR) is 440 cm³/mol. The Bertz CT molecular complexity index is 5790. The van der Waals surface area contributed by atoms with Crippen molar-refractivity contribution in [2.75, 3.05) is 0 Å². The standard InChI is InChI=1S/C15H11NO5.C14H9BrN2O4S.C14H11N3O4.C14H10N2O5.C14H10N2O4S.C9H6BrNO2S/c17-10-3-1-8(5-12(10)19)14-7-16-15(21-14)9-2-4-11(18)13(20)6-9;15-8-5-12(21)11(20)4-7(8)14-17-16-13(22-14)6-1-2-9(18)10(19)3-6;18-11-3-1-8(5-13(11)20)10-7-17(16-15-10)9-2-4-12(19)14(21)6-9;2*17-9-3-1-7(5-11(9)19)13-15-16-14(21-13)8-2-4-10(18)12(20)6-8;10-8-4-11-9(14-8)5-1-2-6(12)7(13)3-5/h1-7,17-20H;1-5,18-21H;1-7,18-21H;2*1-6,17-20H;1-4,12-13H. The summed E-state index contributed by atoms with van der Waals surface area (Å²) in [6.45, 7) is 0. The molecule has 40 heteroatoms. The molecule has 0 aliphatic carbocycles. The van der Waals surface area contributed by atoms with Crippen LogP contribution in [0.25, 0.3) is 115 Å². The van der Waals surface area contributed by atoms with Crippen LogP contribution in [0.5, 0.6) is 126 Å². The van der Waals surface area contributed by atoms with Crippen molar-refractivity contribution < 1.29 is 121 Å². The van der Waals surface area contributed by atoms with Crippen molar-refractivity contribution in [2.24, 2.45) is 0 Å². The number of phenols is 22. The van der Waals surface area contributed by atoms with E-state index in [2.05, 4.69) is 82.7 Å². The topological polar surface area (TPSA) is 605 Å². The Morgan fingerprint density at radius 1 is 0.250 bits per heavy atom. The Morgan fingerprint density at radius 3 is 0.967 bits per heavy atom. The normalized spacial score (nSPS) is 10.7. The van der Waals surface area contributed by atoms with Crippen molar-refractivity contribution in [1.29, 1.82) is 0 Å². The van der Waals surface area contributed by atoms with E-state index in [0.29, 0.717) is 91.7 Å². The molecule has 0 aliphatic heterocycles. The van der Waals surface area contributed by atoms with Gasteiger partial charge in [-0.2, -0.15) is 0 Å². The first-order valence-electron chi connectivity index (χ1n) is 33.8. The van der Waals surface area contributed by atoms with Gasteiger partial charge in [-0.05, 0) is 220 Å². The van der Waals surface area contributed by atoms with Gasteiger partial charge in [-0.3, -0.25) is 0 Å². The van der Waals surface area contributed by atoms with Crippen LogP contribution in [0.3, 0.4) is 0 Å². The van der Waals surface area contributed by atoms with Gasteiger partial charge >= 0.3 is 0 Å². The fourth-order valence-corrected chi connectivity index (χ4v) is 13.7. The van der Waals surface area contributed by atoms with Crippen molar-refractivity contribution >= 4 is 65.9 Å². The highest BCUT2D eigenvalue weighted by Gasteiger charge is 2.20. The fourth-order valence-electron chi connectivity index (χ4n) is 10.1. The molecule has 11 aromatic carbocycles. The SMILES string of the molecule is Oc1ccc(-c2cn(-c3ccc(O)c(O)c3)nn2)cc1O.Oc1ccc(-c2cnc(-c3ccc(O)c(O)c3)o2)cc1O.Oc1ccc(-c2ncc(Br)s2)cc1O.Oc1ccc(-c2nnc(-c3cc(O)c(O)cc3Br)s2)cc1O.Oc1ccc(-c2nnc(-c3ccc(O)c(O)c3)o2)cc1O.Oc1ccc(-c2nnc(-c3ccc(O)c(O)c3)s2)cc1O. The van der Waals surface area contributed by atoms with E-state index in [1.165, 1.54) is 190 Å². The van der Waals surface area contributed by atoms with Crippen molar-refractivity contribution in [2.45, 2.75) is 0 Å². The van der Waals surface area contributed by atoms with Crippen molar-refractivity contribution in [3.8, 4) is 242 Å². The molecule has 0 radical (unpaired) electrons. The van der Waals surface area contributed by atoms with Crippen LogP contribution in [0.15, 0.2) is 230 Å². The molecule has 0 bridgehead atoms. The molecule has 35 nitrogen and oxygen atoms in total. The second-order valence-corrected chi connectivity index (χ2v) is 29.8. The number of nitrogens with zero attached hydrogens (tertiary/aromatic N) is 11. The second kappa shape index (κ2) is 36.4. The van der Waals surface area contributed by atoms with E-state index >= 15 is 0 Å². The Kier molecular flexibility index (Phi) is 25.3. The average Bonchev–Trinajstić information content (AvgIpc) is 1.65. The van der Waals surface area contributed by atoms with Crippen molar-refractivity contribution in [1.82, 2.24) is 55.6 Å². The van der Waals surface area contributed by atoms with Crippen LogP contribution < -0.4 is 0 Å². The minimum atomic E-state index is -0.297. The van der Waals surface area contributed by atoms with Crippen LogP contribution >= 0.6 is 65.9 Å². The number of phenolic OH excluding ortho intramolecular Hbond substituents is 22. The number of aromatic hydroxyl groups is 22. The van der Waals surface area contributed by atoms with Crippen LogP contribution in [0.4, 0.5) is 0 Å². The molecule has 0 saturated heterocycles. The molecule has 17 rings (SSSR count). The summed E-state index contributed by atoms with van der Waals surface area (Å²) < 4.78 is 13.9. The number of benzene rings is 11. The minimum Gasteiger partial charge on any atom is -0.504 e. The van der Waals surface area contributed by atoms with E-state index in [1.807, 2.05) is 0 Å². The number of thiazole rings is 1. The summed E-state index contributed by atoms with van der Waals surface area (Å²) in [7, 11) is 0. The van der Waals surface area contributed by atoms with Gasteiger partial charge in [0.1, 0.15) is 30.7 Å². The van der Waals surface area contributed by atoms with Crippen LogP contribution in [0.2, 0.25) is 0 Å². The lowest BCUT2D eigenvalue weighted by molar-refractivity contribution is 0.403. The minimum absolute atomic E-state index is 0.121. The zero-order chi connectivity index (χ0) is 85.9. The first kappa shape index (κ1) is 83.6. The molecule has 22 N–H and O–H groups in total. The third-order valence-electron chi connectivity index (χ3n) is 16.4. The molecule has 6 heterocycles. The van der Waals surface area contributed by atoms with Crippen molar-refractivity contribution in [3.63, 3.8) is 0 Å². The Balaban J connectivity index is 0.000000133. The molecule has 0 unspecified atom stereocenters. The first-order valence-corrected chi connectivity index (χ1v) is 37.8. The maximum atomic E-state index is 9.60. The molecule has 0 fully saturated rings. The van der Waals surface area contributed by atoms with E-state index in [9.17, 15) is 107 Å². The molecule has 6 aromatic heterocycles. The molecular weight excluding hydrogens is 1750 g/mol. The summed E-state index contributed by atoms with van der Waals surface area (Å²) >= 11 is 10.6. The molecular formula is C80H57Br2N11O24S3. The van der Waals surface area contributed by atoms with Gasteiger partial charge in [0.05, 0.1) is 28.1 Å². The molecule has 0 spiro atoms. The molecule has 0 saturated carbocycles. The van der Waals surface area contributed by atoms with Gasteiger partial charge in [0.2, 0.25) is 17.7 Å². The highest BCUT2D eigenvalue weighted by atomic mass is 79.9. The molecule has 120 heavy (non-hydrogen) atoms. The van der Waals surface area contributed by atoms with E-state index in [-0.39, 0.29) is 144 Å². The molecule has 0 amide bonds. The number of hydrogen-bond donors (Lipinski definition) is 22. The fraction of sp³-hybridized carbons (Fsp3) is 0. The molecule has 0 aliphatic rings. The number of rotatable bonds is 11.